The first-order valence-electron chi connectivity index (χ1n) is 7.21. The molecule has 1 aliphatic rings. The van der Waals surface area contributed by atoms with Crippen molar-refractivity contribution in [3.05, 3.63) is 47.3 Å². The zero-order valence-electron chi connectivity index (χ0n) is 12.4. The van der Waals surface area contributed by atoms with E-state index in [1.165, 1.54) is 16.8 Å². The molecule has 0 fully saturated rings. The fourth-order valence-corrected chi connectivity index (χ4v) is 2.83. The van der Waals surface area contributed by atoms with E-state index in [1.54, 1.807) is 0 Å². The van der Waals surface area contributed by atoms with Gasteiger partial charge < -0.3 is 10.2 Å². The molecule has 3 rings (SSSR count). The highest BCUT2D eigenvalue weighted by molar-refractivity contribution is 5.59. The average Bonchev–Trinajstić information content (AvgIpc) is 3.05. The van der Waals surface area contributed by atoms with Crippen molar-refractivity contribution in [3.8, 4) is 0 Å². The molecule has 4 heteroatoms. The van der Waals surface area contributed by atoms with Gasteiger partial charge in [-0.2, -0.15) is 5.10 Å². The molecular weight excluding hydrogens is 248 g/mol. The molecule has 106 valence electrons. The van der Waals surface area contributed by atoms with Gasteiger partial charge in [0.1, 0.15) is 0 Å². The number of hydrogen-bond donors (Lipinski definition) is 1. The average molecular weight is 270 g/mol. The Bertz CT molecular complexity index is 602. The van der Waals surface area contributed by atoms with Crippen LogP contribution in [0.25, 0.3) is 0 Å². The van der Waals surface area contributed by atoms with Crippen LogP contribution in [0.3, 0.4) is 0 Å². The molecular formula is C16H22N4. The van der Waals surface area contributed by atoms with Crippen molar-refractivity contribution in [2.24, 2.45) is 7.05 Å². The molecule has 0 aliphatic carbocycles. The lowest BCUT2D eigenvalue weighted by molar-refractivity contribution is 0.652. The van der Waals surface area contributed by atoms with E-state index in [2.05, 4.69) is 46.5 Å². The number of aryl methyl sites for hydroxylation is 1. The van der Waals surface area contributed by atoms with E-state index < -0.39 is 0 Å². The van der Waals surface area contributed by atoms with E-state index in [1.807, 2.05) is 25.0 Å². The first kappa shape index (κ1) is 13.2. The van der Waals surface area contributed by atoms with E-state index in [4.69, 9.17) is 0 Å². The number of hydrogen-bond acceptors (Lipinski definition) is 3. The molecule has 1 N–H and O–H groups in total. The van der Waals surface area contributed by atoms with Gasteiger partial charge in [-0.1, -0.05) is 12.1 Å². The van der Waals surface area contributed by atoms with Crippen molar-refractivity contribution in [1.82, 2.24) is 15.1 Å². The predicted octanol–water partition coefficient (Wildman–Crippen LogP) is 2.26. The zero-order valence-corrected chi connectivity index (χ0v) is 12.4. The minimum atomic E-state index is 0.408. The molecule has 2 heterocycles. The Labute approximate surface area is 120 Å². The normalized spacial score (nSPS) is 15.4. The summed E-state index contributed by atoms with van der Waals surface area (Å²) < 4.78 is 1.87. The molecule has 4 nitrogen and oxygen atoms in total. The van der Waals surface area contributed by atoms with Gasteiger partial charge in [-0.15, -0.1) is 0 Å². The van der Waals surface area contributed by atoms with Gasteiger partial charge in [0.25, 0.3) is 0 Å². The Morgan fingerprint density at radius 1 is 1.35 bits per heavy atom. The van der Waals surface area contributed by atoms with Gasteiger partial charge in [-0.05, 0) is 43.7 Å². The number of aromatic nitrogens is 2. The summed E-state index contributed by atoms with van der Waals surface area (Å²) in [5.41, 5.74) is 5.32. The van der Waals surface area contributed by atoms with Crippen LogP contribution in [0.15, 0.2) is 30.5 Å². The zero-order chi connectivity index (χ0) is 14.1. The minimum absolute atomic E-state index is 0.408. The standard InChI is InChI=1S/C16H22N4/c1-12(17-2)13-4-5-16-14(10-13)6-9-20(16)11-15-7-8-19(3)18-15/h4-5,7-8,10,12,17H,6,9,11H2,1-3H3. The maximum atomic E-state index is 4.47. The van der Waals surface area contributed by atoms with Gasteiger partial charge in [-0.3, -0.25) is 4.68 Å². The van der Waals surface area contributed by atoms with Crippen LogP contribution in [0.5, 0.6) is 0 Å². The second kappa shape index (κ2) is 5.29. The number of fused-ring (bicyclic) bond motifs is 1. The number of anilines is 1. The van der Waals surface area contributed by atoms with Gasteiger partial charge in [0, 0.05) is 31.5 Å². The van der Waals surface area contributed by atoms with E-state index in [-0.39, 0.29) is 0 Å². The third-order valence-corrected chi connectivity index (χ3v) is 4.15. The van der Waals surface area contributed by atoms with E-state index in [0.29, 0.717) is 6.04 Å². The summed E-state index contributed by atoms with van der Waals surface area (Å²) in [4.78, 5) is 2.42. The lowest BCUT2D eigenvalue weighted by atomic mass is 10.0. The lowest BCUT2D eigenvalue weighted by Crippen LogP contribution is -2.20. The predicted molar refractivity (Wildman–Crippen MR) is 81.9 cm³/mol. The summed E-state index contributed by atoms with van der Waals surface area (Å²) in [7, 11) is 3.97. The Balaban J connectivity index is 1.80. The van der Waals surface area contributed by atoms with Gasteiger partial charge in [0.05, 0.1) is 12.2 Å². The number of nitrogens with zero attached hydrogens (tertiary/aromatic N) is 3. The first-order valence-corrected chi connectivity index (χ1v) is 7.21. The van der Waals surface area contributed by atoms with Gasteiger partial charge in [0.2, 0.25) is 0 Å². The monoisotopic (exact) mass is 270 g/mol. The van der Waals surface area contributed by atoms with Crippen LogP contribution >= 0.6 is 0 Å². The molecule has 1 aromatic carbocycles. The van der Waals surface area contributed by atoms with Crippen molar-refractivity contribution in [2.45, 2.75) is 25.9 Å². The number of benzene rings is 1. The van der Waals surface area contributed by atoms with Crippen molar-refractivity contribution in [3.63, 3.8) is 0 Å². The van der Waals surface area contributed by atoms with Crippen LogP contribution in [-0.4, -0.2) is 23.4 Å². The van der Waals surface area contributed by atoms with Crippen molar-refractivity contribution < 1.29 is 0 Å². The largest absolute Gasteiger partial charge is 0.365 e. The highest BCUT2D eigenvalue weighted by Gasteiger charge is 2.20. The lowest BCUT2D eigenvalue weighted by Gasteiger charge is -2.19. The van der Waals surface area contributed by atoms with Crippen LogP contribution in [0.2, 0.25) is 0 Å². The van der Waals surface area contributed by atoms with Crippen LogP contribution < -0.4 is 10.2 Å². The van der Waals surface area contributed by atoms with E-state index >= 15 is 0 Å². The van der Waals surface area contributed by atoms with Gasteiger partial charge in [0.15, 0.2) is 0 Å². The van der Waals surface area contributed by atoms with Crippen LogP contribution in [0, 0.1) is 0 Å². The Kier molecular flexibility index (Phi) is 3.49. The van der Waals surface area contributed by atoms with Crippen LogP contribution in [0.4, 0.5) is 5.69 Å². The molecule has 1 unspecified atom stereocenters. The highest BCUT2D eigenvalue weighted by Crippen LogP contribution is 2.31. The third kappa shape index (κ3) is 2.43. The Hall–Kier alpha value is -1.81. The summed E-state index contributed by atoms with van der Waals surface area (Å²) in [5.74, 6) is 0. The fraction of sp³-hybridized carbons (Fsp3) is 0.438. The highest BCUT2D eigenvalue weighted by atomic mass is 15.3. The molecule has 20 heavy (non-hydrogen) atoms. The SMILES string of the molecule is CNC(C)c1ccc2c(c1)CCN2Cc1ccn(C)n1. The van der Waals surface area contributed by atoms with Crippen molar-refractivity contribution in [2.75, 3.05) is 18.5 Å². The summed E-state index contributed by atoms with van der Waals surface area (Å²) in [6.07, 6.45) is 3.14. The molecule has 0 radical (unpaired) electrons. The molecule has 2 aromatic rings. The van der Waals surface area contributed by atoms with Crippen molar-refractivity contribution >= 4 is 5.69 Å². The first-order chi connectivity index (χ1) is 9.67. The number of rotatable bonds is 4. The molecule has 1 aliphatic heterocycles. The molecule has 0 amide bonds. The maximum absolute atomic E-state index is 4.47. The summed E-state index contributed by atoms with van der Waals surface area (Å²) in [6.45, 7) is 4.18. The van der Waals surface area contributed by atoms with Crippen LogP contribution in [-0.2, 0) is 20.0 Å². The fourth-order valence-electron chi connectivity index (χ4n) is 2.83. The Morgan fingerprint density at radius 3 is 2.90 bits per heavy atom. The van der Waals surface area contributed by atoms with Crippen LogP contribution in [0.1, 0.15) is 29.8 Å². The Morgan fingerprint density at radius 2 is 2.20 bits per heavy atom. The quantitative estimate of drug-likeness (QED) is 0.925. The van der Waals surface area contributed by atoms with E-state index in [9.17, 15) is 0 Å². The minimum Gasteiger partial charge on any atom is -0.365 e. The summed E-state index contributed by atoms with van der Waals surface area (Å²) in [5, 5.41) is 7.77. The molecule has 0 spiro atoms. The maximum Gasteiger partial charge on any atom is 0.0817 e. The van der Waals surface area contributed by atoms with E-state index in [0.717, 1.165) is 25.2 Å². The molecule has 1 aromatic heterocycles. The summed E-state index contributed by atoms with van der Waals surface area (Å²) in [6, 6.07) is 9.33. The van der Waals surface area contributed by atoms with Gasteiger partial charge >= 0.3 is 0 Å². The second-order valence-electron chi connectivity index (χ2n) is 5.55. The second-order valence-corrected chi connectivity index (χ2v) is 5.55. The smallest absolute Gasteiger partial charge is 0.0817 e. The number of nitrogens with one attached hydrogen (secondary N) is 1. The topological polar surface area (TPSA) is 33.1 Å². The molecule has 0 saturated heterocycles. The van der Waals surface area contributed by atoms with Crippen molar-refractivity contribution in [1.29, 1.82) is 0 Å². The summed E-state index contributed by atoms with van der Waals surface area (Å²) >= 11 is 0. The third-order valence-electron chi connectivity index (χ3n) is 4.15. The molecule has 0 bridgehead atoms. The van der Waals surface area contributed by atoms with Gasteiger partial charge in [-0.25, -0.2) is 0 Å². The molecule has 0 saturated carbocycles. The molecule has 1 atom stereocenters.